The van der Waals surface area contributed by atoms with Gasteiger partial charge in [-0.15, -0.1) is 0 Å². The fourth-order valence-corrected chi connectivity index (χ4v) is 2.33. The van der Waals surface area contributed by atoms with Crippen molar-refractivity contribution in [2.75, 3.05) is 0 Å². The number of rotatable bonds is 5. The van der Waals surface area contributed by atoms with Crippen LogP contribution in [0.3, 0.4) is 0 Å². The Hall–Kier alpha value is -0.550. The number of aliphatic hydroxyl groups is 1. The van der Waals surface area contributed by atoms with E-state index in [1.165, 1.54) is 0 Å². The molecule has 6 heteroatoms. The van der Waals surface area contributed by atoms with Crippen LogP contribution in [0.5, 0.6) is 0 Å². The Morgan fingerprint density at radius 1 is 1.04 bits per heavy atom. The molecule has 133 valence electrons. The zero-order valence-corrected chi connectivity index (χ0v) is 16.4. The van der Waals surface area contributed by atoms with Crippen LogP contribution in [-0.4, -0.2) is 42.1 Å². The average molecular weight is 333 g/mol. The third-order valence-corrected chi connectivity index (χ3v) is 5.75. The van der Waals surface area contributed by atoms with Gasteiger partial charge in [0.25, 0.3) is 0 Å². The summed E-state index contributed by atoms with van der Waals surface area (Å²) in [6.07, 6.45) is 5.87. The molecule has 1 N–H and O–H groups in total. The summed E-state index contributed by atoms with van der Waals surface area (Å²) in [5, 5.41) is 10.1. The van der Waals surface area contributed by atoms with E-state index in [4.69, 9.17) is 14.0 Å². The van der Waals surface area contributed by atoms with Gasteiger partial charge in [-0.2, -0.15) is 0 Å². The quantitative estimate of drug-likeness (QED) is 0.784. The molecule has 0 amide bonds. The fourth-order valence-electron chi connectivity index (χ4n) is 2.33. The molecule has 0 spiro atoms. The van der Waals surface area contributed by atoms with Crippen LogP contribution in [0.25, 0.3) is 0 Å². The van der Waals surface area contributed by atoms with Gasteiger partial charge < -0.3 is 19.1 Å². The molecule has 1 heterocycles. The maximum absolute atomic E-state index is 10.1. The fraction of sp³-hybridized carbons (Fsp3) is 0.778. The Morgan fingerprint density at radius 2 is 1.58 bits per heavy atom. The van der Waals surface area contributed by atoms with Gasteiger partial charge in [-0.05, 0) is 73.7 Å². The topological polar surface area (TPSA) is 47.9 Å². The molecule has 0 bridgehead atoms. The number of hydrogen-bond acceptors (Lipinski definition) is 4. The van der Waals surface area contributed by atoms with E-state index in [-0.39, 0.29) is 18.3 Å². The van der Waals surface area contributed by atoms with E-state index in [0.717, 1.165) is 23.8 Å². The molecule has 4 nitrogen and oxygen atoms in total. The lowest BCUT2D eigenvalue weighted by Crippen LogP contribution is -2.48. The molecule has 2 aliphatic rings. The van der Waals surface area contributed by atoms with Crippen LogP contribution in [0.4, 0.5) is 0 Å². The van der Waals surface area contributed by atoms with Crippen molar-refractivity contribution in [1.29, 1.82) is 0 Å². The SMILES string of the molecule is CC(C)(O)C(C)(C)O[B]C1=CC=C(B2OC(C)(C)C(C)(C)O2)CC1. The van der Waals surface area contributed by atoms with Crippen LogP contribution >= 0.6 is 0 Å². The van der Waals surface area contributed by atoms with Gasteiger partial charge >= 0.3 is 14.6 Å². The van der Waals surface area contributed by atoms with Gasteiger partial charge in [-0.1, -0.05) is 17.6 Å². The second-order valence-electron chi connectivity index (χ2n) is 8.88. The van der Waals surface area contributed by atoms with Gasteiger partial charge in [-0.3, -0.25) is 0 Å². The highest BCUT2D eigenvalue weighted by Gasteiger charge is 2.52. The van der Waals surface area contributed by atoms with Gasteiger partial charge in [0.15, 0.2) is 0 Å². The maximum atomic E-state index is 10.1. The van der Waals surface area contributed by atoms with E-state index in [1.54, 1.807) is 21.3 Å². The summed E-state index contributed by atoms with van der Waals surface area (Å²) in [5.74, 6) is 0. The van der Waals surface area contributed by atoms with Gasteiger partial charge in [0.2, 0.25) is 0 Å². The zero-order valence-electron chi connectivity index (χ0n) is 16.4. The first-order valence-electron chi connectivity index (χ1n) is 8.74. The molecule has 24 heavy (non-hydrogen) atoms. The average Bonchev–Trinajstić information content (AvgIpc) is 2.65. The summed E-state index contributed by atoms with van der Waals surface area (Å²) in [6.45, 7) is 15.6. The van der Waals surface area contributed by atoms with Crippen molar-refractivity contribution in [1.82, 2.24) is 0 Å². The first-order chi connectivity index (χ1) is 10.8. The van der Waals surface area contributed by atoms with Crippen molar-refractivity contribution in [3.8, 4) is 0 Å². The van der Waals surface area contributed by atoms with Crippen LogP contribution < -0.4 is 0 Å². The molecule has 0 aromatic rings. The highest BCUT2D eigenvalue weighted by atomic mass is 16.7. The Labute approximate surface area is 148 Å². The van der Waals surface area contributed by atoms with E-state index in [1.807, 2.05) is 19.9 Å². The Balaban J connectivity index is 1.98. The number of hydrogen-bond donors (Lipinski definition) is 1. The predicted molar refractivity (Wildman–Crippen MR) is 98.7 cm³/mol. The summed E-state index contributed by atoms with van der Waals surface area (Å²) >= 11 is 0. The van der Waals surface area contributed by atoms with Crippen molar-refractivity contribution >= 4 is 14.6 Å². The molecule has 0 atom stereocenters. The number of allylic oxidation sites excluding steroid dienone is 4. The third kappa shape index (κ3) is 3.98. The molecular formula is C18H31B2O4. The smallest absolute Gasteiger partial charge is 0.427 e. The minimum Gasteiger partial charge on any atom is -0.427 e. The first kappa shape index (κ1) is 19.8. The Bertz CT molecular complexity index is 526. The second-order valence-corrected chi connectivity index (χ2v) is 8.88. The normalized spacial score (nSPS) is 23.8. The molecule has 2 rings (SSSR count). The third-order valence-electron chi connectivity index (χ3n) is 5.75. The molecule has 1 saturated heterocycles. The van der Waals surface area contributed by atoms with Crippen LogP contribution in [0, 0.1) is 0 Å². The van der Waals surface area contributed by atoms with Crippen molar-refractivity contribution in [2.45, 2.75) is 90.6 Å². The maximum Gasteiger partial charge on any atom is 0.490 e. The summed E-state index contributed by atoms with van der Waals surface area (Å²) in [4.78, 5) is 0. The van der Waals surface area contributed by atoms with Gasteiger partial charge in [-0.25, -0.2) is 0 Å². The largest absolute Gasteiger partial charge is 0.490 e. The van der Waals surface area contributed by atoms with Gasteiger partial charge in [0.1, 0.15) is 0 Å². The van der Waals surface area contributed by atoms with Gasteiger partial charge in [0.05, 0.1) is 22.4 Å². The van der Waals surface area contributed by atoms with E-state index < -0.39 is 11.2 Å². The van der Waals surface area contributed by atoms with Crippen LogP contribution in [-0.2, 0) is 14.0 Å². The lowest BCUT2D eigenvalue weighted by Gasteiger charge is -2.38. The lowest BCUT2D eigenvalue weighted by atomic mass is 9.69. The molecular weight excluding hydrogens is 302 g/mol. The van der Waals surface area contributed by atoms with Crippen LogP contribution in [0.15, 0.2) is 23.1 Å². The monoisotopic (exact) mass is 333 g/mol. The first-order valence-corrected chi connectivity index (χ1v) is 8.74. The van der Waals surface area contributed by atoms with E-state index >= 15 is 0 Å². The summed E-state index contributed by atoms with van der Waals surface area (Å²) in [7, 11) is 1.48. The summed E-state index contributed by atoms with van der Waals surface area (Å²) in [5.41, 5.74) is 0.0784. The Morgan fingerprint density at radius 3 is 2.00 bits per heavy atom. The lowest BCUT2D eigenvalue weighted by molar-refractivity contribution is -0.0897. The molecule has 0 aromatic heterocycles. The highest BCUT2D eigenvalue weighted by molar-refractivity contribution is 6.54. The molecule has 0 saturated carbocycles. The van der Waals surface area contributed by atoms with Crippen molar-refractivity contribution in [3.05, 3.63) is 23.1 Å². The van der Waals surface area contributed by atoms with E-state index in [2.05, 4.69) is 33.8 Å². The summed E-state index contributed by atoms with van der Waals surface area (Å²) < 4.78 is 18.0. The van der Waals surface area contributed by atoms with Crippen LogP contribution in [0.1, 0.15) is 68.2 Å². The molecule has 0 aromatic carbocycles. The predicted octanol–water partition coefficient (Wildman–Crippen LogP) is 3.41. The molecule has 1 fully saturated rings. The molecule has 1 aliphatic heterocycles. The molecule has 1 aliphatic carbocycles. The Kier molecular flexibility index (Phi) is 5.20. The minimum atomic E-state index is -0.914. The standard InChI is InChI=1S/C18H31B2O4/c1-15(2,21)16(3,4)22-19-13-9-11-14(12-10-13)20-23-17(5,6)18(7,8)24-20/h9,11,21H,10,12H2,1-8H3. The minimum absolute atomic E-state index is 0.276. The van der Waals surface area contributed by atoms with E-state index in [9.17, 15) is 5.11 Å². The zero-order chi connectivity index (χ0) is 18.4. The highest BCUT2D eigenvalue weighted by Crippen LogP contribution is 2.40. The van der Waals surface area contributed by atoms with Crippen LogP contribution in [0.2, 0.25) is 0 Å². The molecule has 0 unspecified atom stereocenters. The van der Waals surface area contributed by atoms with Crippen molar-refractivity contribution in [3.63, 3.8) is 0 Å². The van der Waals surface area contributed by atoms with Gasteiger partial charge in [0, 0.05) is 0 Å². The summed E-state index contributed by atoms with van der Waals surface area (Å²) in [6, 6.07) is 0. The second kappa shape index (κ2) is 6.31. The van der Waals surface area contributed by atoms with E-state index in [0.29, 0.717) is 0 Å². The van der Waals surface area contributed by atoms with Crippen molar-refractivity contribution in [2.24, 2.45) is 0 Å². The molecule has 1 radical (unpaired) electrons. The van der Waals surface area contributed by atoms with Crippen molar-refractivity contribution < 1.29 is 19.1 Å².